The van der Waals surface area contributed by atoms with E-state index in [4.69, 9.17) is 9.47 Å². The van der Waals surface area contributed by atoms with Crippen molar-refractivity contribution in [2.45, 2.75) is 19.1 Å². The Kier molecular flexibility index (Phi) is 3.06. The highest BCUT2D eigenvalue weighted by molar-refractivity contribution is 5.90. The van der Waals surface area contributed by atoms with Crippen LogP contribution in [0.25, 0.3) is 0 Å². The minimum absolute atomic E-state index is 0.148. The molecular weight excluding hydrogens is 204 g/mol. The molecular formula is C13H14O3. The van der Waals surface area contributed by atoms with E-state index in [-0.39, 0.29) is 18.2 Å². The van der Waals surface area contributed by atoms with Crippen LogP contribution >= 0.6 is 0 Å². The Bertz CT molecular complexity index is 408. The molecule has 16 heavy (non-hydrogen) atoms. The Hall–Kier alpha value is -1.61. The fourth-order valence-electron chi connectivity index (χ4n) is 1.80. The molecule has 0 aliphatic carbocycles. The molecule has 0 bridgehead atoms. The van der Waals surface area contributed by atoms with Crippen LogP contribution in [0.15, 0.2) is 42.0 Å². The molecule has 3 heteroatoms. The van der Waals surface area contributed by atoms with Crippen molar-refractivity contribution in [1.29, 1.82) is 0 Å². The lowest BCUT2D eigenvalue weighted by molar-refractivity contribution is -0.137. The average molecular weight is 218 g/mol. The number of hydrogen-bond acceptors (Lipinski definition) is 3. The van der Waals surface area contributed by atoms with E-state index in [2.05, 4.69) is 0 Å². The Morgan fingerprint density at radius 1 is 1.31 bits per heavy atom. The highest BCUT2D eigenvalue weighted by Gasteiger charge is 2.29. The van der Waals surface area contributed by atoms with Gasteiger partial charge in [0, 0.05) is 0 Å². The first kappa shape index (κ1) is 10.9. The van der Waals surface area contributed by atoms with Gasteiger partial charge >= 0.3 is 5.97 Å². The summed E-state index contributed by atoms with van der Waals surface area (Å²) in [5, 5.41) is 0. The van der Waals surface area contributed by atoms with Gasteiger partial charge in [0.15, 0.2) is 0 Å². The third-order valence-corrected chi connectivity index (χ3v) is 2.67. The monoisotopic (exact) mass is 218 g/mol. The molecule has 3 nitrogen and oxygen atoms in total. The predicted molar refractivity (Wildman–Crippen MR) is 59.8 cm³/mol. The van der Waals surface area contributed by atoms with Crippen molar-refractivity contribution >= 4 is 5.97 Å². The molecule has 0 unspecified atom stereocenters. The molecule has 0 N–H and O–H groups in total. The van der Waals surface area contributed by atoms with Gasteiger partial charge in [0.25, 0.3) is 0 Å². The molecule has 1 heterocycles. The van der Waals surface area contributed by atoms with E-state index >= 15 is 0 Å². The van der Waals surface area contributed by atoms with E-state index < -0.39 is 0 Å². The van der Waals surface area contributed by atoms with Crippen LogP contribution < -0.4 is 0 Å². The van der Waals surface area contributed by atoms with Crippen LogP contribution in [0, 0.1) is 0 Å². The van der Waals surface area contributed by atoms with Crippen molar-refractivity contribution in [2.75, 3.05) is 7.11 Å². The van der Waals surface area contributed by atoms with Crippen molar-refractivity contribution in [1.82, 2.24) is 0 Å². The van der Waals surface area contributed by atoms with E-state index in [0.717, 1.165) is 5.56 Å². The summed E-state index contributed by atoms with van der Waals surface area (Å²) < 4.78 is 10.4. The average Bonchev–Trinajstić information content (AvgIpc) is 2.71. The molecule has 0 aromatic heterocycles. The van der Waals surface area contributed by atoms with Crippen LogP contribution in [-0.2, 0) is 14.3 Å². The molecule has 0 amide bonds. The molecule has 0 spiro atoms. The zero-order valence-corrected chi connectivity index (χ0v) is 9.34. The maximum absolute atomic E-state index is 11.4. The summed E-state index contributed by atoms with van der Waals surface area (Å²) >= 11 is 0. The normalized spacial score (nSPS) is 24.0. The number of hydrogen-bond donors (Lipinski definition) is 0. The zero-order valence-electron chi connectivity index (χ0n) is 9.34. The number of benzene rings is 1. The summed E-state index contributed by atoms with van der Waals surface area (Å²) in [7, 11) is 1.38. The Labute approximate surface area is 94.7 Å². The van der Waals surface area contributed by atoms with Crippen LogP contribution in [0.5, 0.6) is 0 Å². The summed E-state index contributed by atoms with van der Waals surface area (Å²) in [6, 6.07) is 9.82. The molecule has 84 valence electrons. The molecule has 1 aliphatic rings. The predicted octanol–water partition coefficient (Wildman–Crippen LogP) is 2.25. The number of rotatable bonds is 2. The fraction of sp³-hybridized carbons (Fsp3) is 0.308. The van der Waals surface area contributed by atoms with Gasteiger partial charge < -0.3 is 9.47 Å². The van der Waals surface area contributed by atoms with Crippen LogP contribution in [-0.4, -0.2) is 19.2 Å². The SMILES string of the molecule is COC(=O)C1=C[C@@H](c2ccccc2)O[C@H]1C. The Balaban J connectivity index is 2.22. The first-order valence-electron chi connectivity index (χ1n) is 5.23. The largest absolute Gasteiger partial charge is 0.466 e. The maximum Gasteiger partial charge on any atom is 0.336 e. The van der Waals surface area contributed by atoms with Gasteiger partial charge in [-0.05, 0) is 18.6 Å². The summed E-state index contributed by atoms with van der Waals surface area (Å²) in [5.74, 6) is -0.314. The highest BCUT2D eigenvalue weighted by Crippen LogP contribution is 2.31. The standard InChI is InChI=1S/C13H14O3/c1-9-11(13(14)15-2)8-12(16-9)10-6-4-3-5-7-10/h3-9,12H,1-2H3/t9-,12-/m0/s1. The minimum atomic E-state index is -0.314. The molecule has 1 aliphatic heterocycles. The molecule has 0 saturated carbocycles. The minimum Gasteiger partial charge on any atom is -0.466 e. The number of carbonyl (C=O) groups is 1. The van der Waals surface area contributed by atoms with Gasteiger partial charge in [-0.25, -0.2) is 4.79 Å². The van der Waals surface area contributed by atoms with Gasteiger partial charge in [0.1, 0.15) is 6.10 Å². The number of ether oxygens (including phenoxy) is 2. The molecule has 2 rings (SSSR count). The molecule has 0 radical (unpaired) electrons. The summed E-state index contributed by atoms with van der Waals surface area (Å²) in [5.41, 5.74) is 1.64. The Morgan fingerprint density at radius 3 is 2.62 bits per heavy atom. The second kappa shape index (κ2) is 4.49. The van der Waals surface area contributed by atoms with E-state index in [1.807, 2.05) is 43.3 Å². The smallest absolute Gasteiger partial charge is 0.336 e. The number of esters is 1. The molecule has 1 aromatic rings. The zero-order chi connectivity index (χ0) is 11.5. The third kappa shape index (κ3) is 1.99. The first-order chi connectivity index (χ1) is 7.72. The van der Waals surface area contributed by atoms with E-state index in [1.165, 1.54) is 7.11 Å². The quantitative estimate of drug-likeness (QED) is 0.714. The second-order valence-electron chi connectivity index (χ2n) is 3.72. The second-order valence-corrected chi connectivity index (χ2v) is 3.72. The molecule has 1 aromatic carbocycles. The van der Waals surface area contributed by atoms with Crippen molar-refractivity contribution in [3.63, 3.8) is 0 Å². The Morgan fingerprint density at radius 2 is 2.00 bits per heavy atom. The van der Waals surface area contributed by atoms with Crippen LogP contribution in [0.4, 0.5) is 0 Å². The van der Waals surface area contributed by atoms with E-state index in [1.54, 1.807) is 0 Å². The molecule has 0 saturated heterocycles. The number of carbonyl (C=O) groups excluding carboxylic acids is 1. The molecule has 2 atom stereocenters. The van der Waals surface area contributed by atoms with Gasteiger partial charge in [-0.3, -0.25) is 0 Å². The van der Waals surface area contributed by atoms with Crippen LogP contribution in [0.1, 0.15) is 18.6 Å². The van der Waals surface area contributed by atoms with Gasteiger partial charge in [-0.1, -0.05) is 30.3 Å². The van der Waals surface area contributed by atoms with E-state index in [0.29, 0.717) is 5.57 Å². The lowest BCUT2D eigenvalue weighted by Crippen LogP contribution is -2.14. The summed E-state index contributed by atoms with van der Waals surface area (Å²) in [4.78, 5) is 11.4. The lowest BCUT2D eigenvalue weighted by atomic mass is 10.1. The third-order valence-electron chi connectivity index (χ3n) is 2.67. The summed E-state index contributed by atoms with van der Waals surface area (Å²) in [6.07, 6.45) is 1.47. The maximum atomic E-state index is 11.4. The fourth-order valence-corrected chi connectivity index (χ4v) is 1.80. The van der Waals surface area contributed by atoms with Gasteiger partial charge in [0.05, 0.1) is 18.8 Å². The van der Waals surface area contributed by atoms with Gasteiger partial charge in [0.2, 0.25) is 0 Å². The van der Waals surface area contributed by atoms with Crippen molar-refractivity contribution in [2.24, 2.45) is 0 Å². The van der Waals surface area contributed by atoms with E-state index in [9.17, 15) is 4.79 Å². The first-order valence-corrected chi connectivity index (χ1v) is 5.23. The van der Waals surface area contributed by atoms with Crippen LogP contribution in [0.3, 0.4) is 0 Å². The van der Waals surface area contributed by atoms with Gasteiger partial charge in [-0.15, -0.1) is 0 Å². The van der Waals surface area contributed by atoms with Crippen molar-refractivity contribution in [3.8, 4) is 0 Å². The van der Waals surface area contributed by atoms with Gasteiger partial charge in [-0.2, -0.15) is 0 Å². The topological polar surface area (TPSA) is 35.5 Å². The highest BCUT2D eigenvalue weighted by atomic mass is 16.5. The van der Waals surface area contributed by atoms with Crippen LogP contribution in [0.2, 0.25) is 0 Å². The summed E-state index contributed by atoms with van der Waals surface area (Å²) in [6.45, 7) is 1.85. The number of methoxy groups -OCH3 is 1. The van der Waals surface area contributed by atoms with Crippen molar-refractivity contribution in [3.05, 3.63) is 47.5 Å². The molecule has 0 fully saturated rings. The lowest BCUT2D eigenvalue weighted by Gasteiger charge is -2.11. The van der Waals surface area contributed by atoms with Crippen molar-refractivity contribution < 1.29 is 14.3 Å².